The van der Waals surface area contributed by atoms with Crippen LogP contribution in [0.2, 0.25) is 0 Å². The van der Waals surface area contributed by atoms with Crippen LogP contribution in [0.5, 0.6) is 0 Å². The summed E-state index contributed by atoms with van der Waals surface area (Å²) in [4.78, 5) is 23.5. The summed E-state index contributed by atoms with van der Waals surface area (Å²) in [6, 6.07) is 6.34. The van der Waals surface area contributed by atoms with E-state index in [4.69, 9.17) is 15.7 Å². The highest BCUT2D eigenvalue weighted by atomic mass is 32.2. The molecule has 2 unspecified atom stereocenters. The van der Waals surface area contributed by atoms with E-state index in [0.29, 0.717) is 23.8 Å². The van der Waals surface area contributed by atoms with Crippen molar-refractivity contribution in [3.8, 4) is 0 Å². The van der Waals surface area contributed by atoms with Crippen molar-refractivity contribution < 1.29 is 0 Å². The topological polar surface area (TPSA) is 93.4 Å². The van der Waals surface area contributed by atoms with Gasteiger partial charge in [0.1, 0.15) is 5.65 Å². The summed E-state index contributed by atoms with van der Waals surface area (Å²) in [6.07, 6.45) is 6.93. The van der Waals surface area contributed by atoms with Gasteiger partial charge in [-0.2, -0.15) is 0 Å². The van der Waals surface area contributed by atoms with Crippen LogP contribution in [0, 0.1) is 18.8 Å². The van der Waals surface area contributed by atoms with Crippen LogP contribution in [-0.2, 0) is 6.42 Å². The average molecular weight is 417 g/mol. The summed E-state index contributed by atoms with van der Waals surface area (Å²) in [5, 5.41) is 1.98. The Morgan fingerprint density at radius 1 is 1.17 bits per heavy atom. The monoisotopic (exact) mass is 416 g/mol. The number of hydrogen-bond donors (Lipinski definition) is 2. The second kappa shape index (κ2) is 6.75. The number of nitrogens with zero attached hydrogens (tertiary/aromatic N) is 4. The first kappa shape index (κ1) is 18.3. The lowest BCUT2D eigenvalue weighted by atomic mass is 9.95. The van der Waals surface area contributed by atoms with Crippen LogP contribution in [0.25, 0.3) is 22.1 Å². The zero-order chi connectivity index (χ0) is 20.4. The maximum absolute atomic E-state index is 6.20. The van der Waals surface area contributed by atoms with Gasteiger partial charge in [-0.15, -0.1) is 0 Å². The molecule has 0 radical (unpaired) electrons. The van der Waals surface area contributed by atoms with Gasteiger partial charge in [-0.25, -0.2) is 9.97 Å². The molecule has 2 aliphatic rings. The first-order chi connectivity index (χ1) is 14.6. The van der Waals surface area contributed by atoms with Gasteiger partial charge in [0.05, 0.1) is 16.7 Å². The van der Waals surface area contributed by atoms with E-state index in [-0.39, 0.29) is 0 Å². The lowest BCUT2D eigenvalue weighted by Crippen LogP contribution is -2.12. The van der Waals surface area contributed by atoms with Crippen molar-refractivity contribution in [3.05, 3.63) is 47.5 Å². The van der Waals surface area contributed by atoms with Crippen molar-refractivity contribution >= 4 is 33.8 Å². The van der Waals surface area contributed by atoms with E-state index in [0.717, 1.165) is 46.0 Å². The predicted molar refractivity (Wildman–Crippen MR) is 119 cm³/mol. The molecule has 0 bridgehead atoms. The van der Waals surface area contributed by atoms with Crippen LogP contribution in [0.4, 0.5) is 0 Å². The summed E-state index contributed by atoms with van der Waals surface area (Å²) in [5.74, 6) is 1.83. The predicted octanol–water partition coefficient (Wildman–Crippen LogP) is 4.37. The van der Waals surface area contributed by atoms with Crippen LogP contribution >= 0.6 is 11.8 Å². The van der Waals surface area contributed by atoms with E-state index in [2.05, 4.69) is 34.9 Å². The van der Waals surface area contributed by atoms with Gasteiger partial charge in [-0.1, -0.05) is 6.92 Å². The fraction of sp³-hybridized carbons (Fsp3) is 0.391. The molecule has 30 heavy (non-hydrogen) atoms. The highest BCUT2D eigenvalue weighted by Crippen LogP contribution is 2.57. The third-order valence-corrected chi connectivity index (χ3v) is 7.72. The Bertz CT molecular complexity index is 1270. The molecule has 2 aliphatic carbocycles. The molecule has 6 nitrogen and oxygen atoms in total. The maximum atomic E-state index is 6.20. The first-order valence-corrected chi connectivity index (χ1v) is 11.5. The Labute approximate surface area is 179 Å². The second-order valence-electron chi connectivity index (χ2n) is 8.59. The molecule has 3 N–H and O–H groups in total. The minimum atomic E-state index is 0.405. The zero-order valence-corrected chi connectivity index (χ0v) is 17.9. The number of fused-ring (bicyclic) bond motifs is 3. The van der Waals surface area contributed by atoms with E-state index in [1.807, 2.05) is 18.3 Å². The van der Waals surface area contributed by atoms with Gasteiger partial charge < -0.3 is 10.7 Å². The standard InChI is InChI=1S/C23H24N6S/c1-3-16-11(2)19-21(12-7-14-15(8-12)20(14)24)28-23(29-22(19)27-16)30-13-9-18-17(26-10-13)5-4-6-25-18/h4-6,9-10,12,14-15,20H,3,7-8,24H2,1-2H3,(H,27,28,29). The highest BCUT2D eigenvalue weighted by Gasteiger charge is 2.54. The number of nitrogens with two attached hydrogens (primary N) is 1. The van der Waals surface area contributed by atoms with E-state index in [1.165, 1.54) is 22.3 Å². The molecule has 4 aromatic heterocycles. The minimum absolute atomic E-state index is 0.405. The molecule has 2 fully saturated rings. The molecular weight excluding hydrogens is 392 g/mol. The van der Waals surface area contributed by atoms with Gasteiger partial charge in [0, 0.05) is 40.3 Å². The van der Waals surface area contributed by atoms with Gasteiger partial charge in [0.15, 0.2) is 5.16 Å². The first-order valence-electron chi connectivity index (χ1n) is 10.7. The zero-order valence-electron chi connectivity index (χ0n) is 17.1. The summed E-state index contributed by atoms with van der Waals surface area (Å²) >= 11 is 1.56. The van der Waals surface area contributed by atoms with Crippen molar-refractivity contribution in [1.29, 1.82) is 0 Å². The SMILES string of the molecule is CCc1[nH]c2nc(Sc3cnc4cccnc4c3)nc(C3CC4C(N)C4C3)c2c1C. The number of aryl methyl sites for hydroxylation is 2. The Kier molecular flexibility index (Phi) is 4.11. The molecular formula is C23H24N6S. The maximum Gasteiger partial charge on any atom is 0.194 e. The van der Waals surface area contributed by atoms with Gasteiger partial charge in [-0.3, -0.25) is 9.97 Å². The van der Waals surface area contributed by atoms with Crippen molar-refractivity contribution in [2.45, 2.75) is 55.1 Å². The average Bonchev–Trinajstić information content (AvgIpc) is 3.10. The summed E-state index contributed by atoms with van der Waals surface area (Å²) in [6.45, 7) is 4.37. The quantitative estimate of drug-likeness (QED) is 0.480. The Balaban J connectivity index is 1.42. The van der Waals surface area contributed by atoms with Gasteiger partial charge >= 0.3 is 0 Å². The molecule has 7 heteroatoms. The smallest absolute Gasteiger partial charge is 0.194 e. The number of nitrogens with one attached hydrogen (secondary N) is 1. The van der Waals surface area contributed by atoms with Crippen LogP contribution < -0.4 is 5.73 Å². The van der Waals surface area contributed by atoms with Crippen LogP contribution in [-0.4, -0.2) is 31.0 Å². The molecule has 2 atom stereocenters. The highest BCUT2D eigenvalue weighted by molar-refractivity contribution is 7.99. The van der Waals surface area contributed by atoms with E-state index >= 15 is 0 Å². The van der Waals surface area contributed by atoms with Crippen molar-refractivity contribution in [2.24, 2.45) is 17.6 Å². The lowest BCUT2D eigenvalue weighted by Gasteiger charge is -2.15. The summed E-state index contributed by atoms with van der Waals surface area (Å²) in [5.41, 5.74) is 12.7. The molecule has 0 saturated heterocycles. The van der Waals surface area contributed by atoms with Crippen LogP contribution in [0.3, 0.4) is 0 Å². The van der Waals surface area contributed by atoms with Crippen molar-refractivity contribution in [1.82, 2.24) is 24.9 Å². The van der Waals surface area contributed by atoms with Gasteiger partial charge in [0.25, 0.3) is 0 Å². The van der Waals surface area contributed by atoms with E-state index in [1.54, 1.807) is 18.0 Å². The Morgan fingerprint density at radius 2 is 2.00 bits per heavy atom. The molecule has 6 rings (SSSR count). The molecule has 4 heterocycles. The largest absolute Gasteiger partial charge is 0.343 e. The van der Waals surface area contributed by atoms with Crippen molar-refractivity contribution in [2.75, 3.05) is 0 Å². The fourth-order valence-electron chi connectivity index (χ4n) is 5.21. The number of aromatic amines is 1. The number of H-pyrrole nitrogens is 1. The van der Waals surface area contributed by atoms with Crippen molar-refractivity contribution in [3.63, 3.8) is 0 Å². The third-order valence-electron chi connectivity index (χ3n) is 6.90. The molecule has 152 valence electrons. The molecule has 0 amide bonds. The molecule has 0 spiro atoms. The van der Waals surface area contributed by atoms with E-state index in [9.17, 15) is 0 Å². The lowest BCUT2D eigenvalue weighted by molar-refractivity contribution is 0.575. The molecule has 0 aromatic carbocycles. The van der Waals surface area contributed by atoms with Gasteiger partial charge in [0.2, 0.25) is 0 Å². The van der Waals surface area contributed by atoms with Crippen LogP contribution in [0.1, 0.15) is 42.6 Å². The normalized spacial score (nSPS) is 25.2. The minimum Gasteiger partial charge on any atom is -0.343 e. The summed E-state index contributed by atoms with van der Waals surface area (Å²) < 4.78 is 0. The van der Waals surface area contributed by atoms with Gasteiger partial charge in [-0.05, 0) is 73.5 Å². The Morgan fingerprint density at radius 3 is 2.80 bits per heavy atom. The number of hydrogen-bond acceptors (Lipinski definition) is 6. The molecule has 2 saturated carbocycles. The number of pyridine rings is 2. The second-order valence-corrected chi connectivity index (χ2v) is 9.63. The Hall–Kier alpha value is -2.51. The number of rotatable bonds is 4. The number of aromatic nitrogens is 5. The third kappa shape index (κ3) is 2.83. The summed E-state index contributed by atoms with van der Waals surface area (Å²) in [7, 11) is 0. The molecule has 0 aliphatic heterocycles. The molecule has 4 aromatic rings. The van der Waals surface area contributed by atoms with Crippen LogP contribution in [0.15, 0.2) is 40.6 Å². The fourth-order valence-corrected chi connectivity index (χ4v) is 5.98. The van der Waals surface area contributed by atoms with E-state index < -0.39 is 0 Å².